The van der Waals surface area contributed by atoms with Crippen LogP contribution in [-0.2, 0) is 13.0 Å². The lowest BCUT2D eigenvalue weighted by molar-refractivity contribution is 0.0943. The average Bonchev–Trinajstić information content (AvgIpc) is 3.54. The van der Waals surface area contributed by atoms with Crippen molar-refractivity contribution in [3.8, 4) is 16.3 Å². The summed E-state index contributed by atoms with van der Waals surface area (Å²) in [6.07, 6.45) is 4.82. The molecule has 1 aliphatic heterocycles. The lowest BCUT2D eigenvalue weighted by Crippen LogP contribution is -2.37. The van der Waals surface area contributed by atoms with Crippen LogP contribution in [0.5, 0.6) is 0 Å². The number of benzene rings is 1. The van der Waals surface area contributed by atoms with E-state index in [-0.39, 0.29) is 5.91 Å². The van der Waals surface area contributed by atoms with Gasteiger partial charge in [0.05, 0.1) is 11.9 Å². The number of hydrogen-bond acceptors (Lipinski definition) is 6. The highest BCUT2D eigenvalue weighted by Gasteiger charge is 2.18. The predicted octanol–water partition coefficient (Wildman–Crippen LogP) is 3.85. The summed E-state index contributed by atoms with van der Waals surface area (Å²) in [7, 11) is 0. The second kappa shape index (κ2) is 8.51. The molecular weight excluding hydrogens is 414 g/mol. The fourth-order valence-electron chi connectivity index (χ4n) is 3.58. The van der Waals surface area contributed by atoms with Gasteiger partial charge in [0, 0.05) is 48.2 Å². The van der Waals surface area contributed by atoms with E-state index >= 15 is 0 Å². The van der Waals surface area contributed by atoms with Gasteiger partial charge in [-0.05, 0) is 35.6 Å². The topological polar surface area (TPSA) is 63.1 Å². The molecule has 4 heterocycles. The number of para-hydroxylation sites is 1. The molecule has 152 valence electrons. The Morgan fingerprint density at radius 2 is 2.07 bits per heavy atom. The molecule has 6 nitrogen and oxygen atoms in total. The number of nitrogens with one attached hydrogen (secondary N) is 1. The number of rotatable bonds is 6. The molecule has 0 saturated heterocycles. The number of thiazole rings is 1. The number of hydrogen-bond donors (Lipinski definition) is 1. The van der Waals surface area contributed by atoms with Crippen molar-refractivity contribution in [2.45, 2.75) is 13.0 Å². The van der Waals surface area contributed by atoms with Gasteiger partial charge in [-0.2, -0.15) is 5.10 Å². The molecule has 0 unspecified atom stereocenters. The number of carbonyl (C=O) groups excluding carboxylic acids is 1. The van der Waals surface area contributed by atoms with Gasteiger partial charge in [-0.25, -0.2) is 9.67 Å². The standard InChI is InChI=1S/C22H21N5OS2/c28-21(23-8-10-26-9-6-20-16(13-26)7-11-29-20)19-15-30-22(25-19)17-12-24-27(14-17)18-4-2-1-3-5-18/h1-5,7,11-12,14-15H,6,8-10,13H2,(H,23,28). The third-order valence-corrected chi connectivity index (χ3v) is 7.10. The highest BCUT2D eigenvalue weighted by atomic mass is 32.1. The zero-order valence-corrected chi connectivity index (χ0v) is 18.0. The van der Waals surface area contributed by atoms with E-state index in [1.807, 2.05) is 57.9 Å². The van der Waals surface area contributed by atoms with E-state index in [0.717, 1.165) is 42.3 Å². The Balaban J connectivity index is 1.17. The molecule has 3 aromatic heterocycles. The monoisotopic (exact) mass is 435 g/mol. The van der Waals surface area contributed by atoms with Crippen LogP contribution < -0.4 is 5.32 Å². The highest BCUT2D eigenvalue weighted by molar-refractivity contribution is 7.13. The van der Waals surface area contributed by atoms with Crippen molar-refractivity contribution in [2.75, 3.05) is 19.6 Å². The largest absolute Gasteiger partial charge is 0.349 e. The summed E-state index contributed by atoms with van der Waals surface area (Å²) < 4.78 is 1.81. The van der Waals surface area contributed by atoms with Gasteiger partial charge in [0.1, 0.15) is 10.7 Å². The van der Waals surface area contributed by atoms with Crippen molar-refractivity contribution >= 4 is 28.6 Å². The van der Waals surface area contributed by atoms with Gasteiger partial charge < -0.3 is 5.32 Å². The van der Waals surface area contributed by atoms with Crippen LogP contribution in [0.1, 0.15) is 20.9 Å². The highest BCUT2D eigenvalue weighted by Crippen LogP contribution is 2.25. The van der Waals surface area contributed by atoms with Gasteiger partial charge in [0.2, 0.25) is 0 Å². The summed E-state index contributed by atoms with van der Waals surface area (Å²) in [5.74, 6) is -0.124. The maximum atomic E-state index is 12.5. The molecule has 0 aliphatic carbocycles. The molecule has 0 saturated carbocycles. The molecule has 30 heavy (non-hydrogen) atoms. The molecule has 0 fully saturated rings. The third kappa shape index (κ3) is 4.07. The van der Waals surface area contributed by atoms with Crippen molar-refractivity contribution in [3.05, 3.63) is 75.7 Å². The molecule has 4 aromatic rings. The molecule has 0 spiro atoms. The lowest BCUT2D eigenvalue weighted by atomic mass is 10.1. The van der Waals surface area contributed by atoms with E-state index in [0.29, 0.717) is 12.2 Å². The quantitative estimate of drug-likeness (QED) is 0.500. The summed E-state index contributed by atoms with van der Waals surface area (Å²) >= 11 is 3.30. The first-order chi connectivity index (χ1) is 14.8. The summed E-state index contributed by atoms with van der Waals surface area (Å²) in [6, 6.07) is 12.1. The van der Waals surface area contributed by atoms with Crippen LogP contribution in [0.15, 0.2) is 59.6 Å². The van der Waals surface area contributed by atoms with Crippen LogP contribution in [0.3, 0.4) is 0 Å². The molecule has 0 atom stereocenters. The molecular formula is C22H21N5OS2. The number of thiophene rings is 1. The van der Waals surface area contributed by atoms with Crippen molar-refractivity contribution < 1.29 is 4.79 Å². The molecule has 5 rings (SSSR count). The van der Waals surface area contributed by atoms with Crippen molar-refractivity contribution in [2.24, 2.45) is 0 Å². The van der Waals surface area contributed by atoms with Gasteiger partial charge in [0.25, 0.3) is 5.91 Å². The first kappa shape index (κ1) is 19.2. The minimum Gasteiger partial charge on any atom is -0.349 e. The third-order valence-electron chi connectivity index (χ3n) is 5.19. The smallest absolute Gasteiger partial charge is 0.270 e. The van der Waals surface area contributed by atoms with Crippen LogP contribution in [0.25, 0.3) is 16.3 Å². The fraction of sp³-hybridized carbons (Fsp3) is 0.227. The van der Waals surface area contributed by atoms with Crippen LogP contribution in [0.4, 0.5) is 0 Å². The molecule has 0 bridgehead atoms. The number of aromatic nitrogens is 3. The van der Waals surface area contributed by atoms with E-state index in [2.05, 4.69) is 31.7 Å². The Labute approximate surface area is 182 Å². The summed E-state index contributed by atoms with van der Waals surface area (Å²) in [5, 5.41) is 12.2. The normalized spacial score (nSPS) is 13.9. The average molecular weight is 436 g/mol. The molecule has 1 aromatic carbocycles. The van der Waals surface area contributed by atoms with E-state index in [9.17, 15) is 4.79 Å². The second-order valence-electron chi connectivity index (χ2n) is 7.20. The second-order valence-corrected chi connectivity index (χ2v) is 9.06. The Morgan fingerprint density at radius 1 is 1.17 bits per heavy atom. The van der Waals surface area contributed by atoms with Gasteiger partial charge in [0.15, 0.2) is 0 Å². The Kier molecular flexibility index (Phi) is 5.44. The summed E-state index contributed by atoms with van der Waals surface area (Å²) in [4.78, 5) is 20.9. The van der Waals surface area contributed by atoms with Gasteiger partial charge >= 0.3 is 0 Å². The van der Waals surface area contributed by atoms with Crippen LogP contribution >= 0.6 is 22.7 Å². The Bertz CT molecular complexity index is 1150. The van der Waals surface area contributed by atoms with E-state index in [1.54, 1.807) is 6.20 Å². The predicted molar refractivity (Wildman–Crippen MR) is 120 cm³/mol. The van der Waals surface area contributed by atoms with E-state index in [4.69, 9.17) is 0 Å². The van der Waals surface area contributed by atoms with Crippen LogP contribution in [0, 0.1) is 0 Å². The molecule has 1 aliphatic rings. The van der Waals surface area contributed by atoms with Gasteiger partial charge in [-0.3, -0.25) is 9.69 Å². The SMILES string of the molecule is O=C(NCCN1CCc2sccc2C1)c1csc(-c2cnn(-c3ccccc3)c2)n1. The fourth-order valence-corrected chi connectivity index (χ4v) is 5.25. The van der Waals surface area contributed by atoms with Crippen LogP contribution in [-0.4, -0.2) is 45.2 Å². The van der Waals surface area contributed by atoms with Crippen LogP contribution in [0.2, 0.25) is 0 Å². The molecule has 0 radical (unpaired) electrons. The number of nitrogens with zero attached hydrogens (tertiary/aromatic N) is 4. The summed E-state index contributed by atoms with van der Waals surface area (Å²) in [6.45, 7) is 3.50. The zero-order valence-electron chi connectivity index (χ0n) is 16.3. The number of carbonyl (C=O) groups is 1. The Hall–Kier alpha value is -2.81. The Morgan fingerprint density at radius 3 is 2.97 bits per heavy atom. The number of amides is 1. The lowest BCUT2D eigenvalue weighted by Gasteiger charge is -2.26. The van der Waals surface area contributed by atoms with E-state index < -0.39 is 0 Å². The van der Waals surface area contributed by atoms with Crippen molar-refractivity contribution in [3.63, 3.8) is 0 Å². The first-order valence-corrected chi connectivity index (χ1v) is 11.6. The maximum Gasteiger partial charge on any atom is 0.270 e. The summed E-state index contributed by atoms with van der Waals surface area (Å²) in [5.41, 5.74) is 3.78. The molecule has 1 amide bonds. The van der Waals surface area contributed by atoms with Gasteiger partial charge in [-0.1, -0.05) is 18.2 Å². The van der Waals surface area contributed by atoms with E-state index in [1.165, 1.54) is 21.8 Å². The van der Waals surface area contributed by atoms with Crippen molar-refractivity contribution in [1.29, 1.82) is 0 Å². The number of fused-ring (bicyclic) bond motifs is 1. The minimum atomic E-state index is -0.124. The first-order valence-electron chi connectivity index (χ1n) is 9.88. The van der Waals surface area contributed by atoms with Gasteiger partial charge in [-0.15, -0.1) is 22.7 Å². The molecule has 1 N–H and O–H groups in total. The van der Waals surface area contributed by atoms with Crippen molar-refractivity contribution in [1.82, 2.24) is 25.0 Å². The minimum absolute atomic E-state index is 0.124. The molecule has 8 heteroatoms. The zero-order chi connectivity index (χ0) is 20.3. The maximum absolute atomic E-state index is 12.5.